The Balaban J connectivity index is 2.19. The molecule has 1 aliphatic carbocycles. The number of rotatable bonds is 3. The Labute approximate surface area is 116 Å². The van der Waals surface area contributed by atoms with Crippen molar-refractivity contribution in [3.05, 3.63) is 18.3 Å². The van der Waals surface area contributed by atoms with Gasteiger partial charge in [0, 0.05) is 17.7 Å². The minimum absolute atomic E-state index is 0.175. The first-order valence-corrected chi connectivity index (χ1v) is 9.36. The lowest BCUT2D eigenvalue weighted by atomic mass is 10.00. The van der Waals surface area contributed by atoms with Crippen molar-refractivity contribution < 1.29 is 12.6 Å². The summed E-state index contributed by atoms with van der Waals surface area (Å²) in [5.41, 5.74) is 6.18. The number of pyridine rings is 1. The Morgan fingerprint density at radius 2 is 2.16 bits per heavy atom. The van der Waals surface area contributed by atoms with Crippen molar-refractivity contribution >= 4 is 26.3 Å². The zero-order valence-corrected chi connectivity index (χ0v) is 12.4. The Morgan fingerprint density at radius 3 is 2.79 bits per heavy atom. The van der Waals surface area contributed by atoms with Crippen molar-refractivity contribution in [2.24, 2.45) is 0 Å². The third-order valence-corrected chi connectivity index (χ3v) is 6.87. The Bertz CT molecular complexity index is 586. The Morgan fingerprint density at radius 1 is 1.42 bits per heavy atom. The van der Waals surface area contributed by atoms with Gasteiger partial charge in [0.05, 0.1) is 21.7 Å². The summed E-state index contributed by atoms with van der Waals surface area (Å²) < 4.78 is 35.7. The van der Waals surface area contributed by atoms with Crippen LogP contribution in [-0.4, -0.2) is 34.4 Å². The van der Waals surface area contributed by atoms with Gasteiger partial charge >= 0.3 is 0 Å². The highest BCUT2D eigenvalue weighted by atomic mass is 32.2. The molecule has 0 bridgehead atoms. The van der Waals surface area contributed by atoms with Crippen LogP contribution in [0.3, 0.4) is 0 Å². The topological polar surface area (TPSA) is 90.1 Å². The van der Waals surface area contributed by atoms with E-state index in [2.05, 4.69) is 4.98 Å². The maximum Gasteiger partial charge on any atom is 0.150 e. The van der Waals surface area contributed by atoms with Crippen molar-refractivity contribution in [2.45, 2.75) is 41.2 Å². The van der Waals surface area contributed by atoms with E-state index < -0.39 is 20.6 Å². The SMILES string of the molecule is CS(=O)(=O)C1CCCC(S(=O)c2ncccc2N)C1. The average molecular weight is 302 g/mol. The molecule has 2 N–H and O–H groups in total. The molecule has 5 nitrogen and oxygen atoms in total. The van der Waals surface area contributed by atoms with E-state index in [0.29, 0.717) is 23.6 Å². The molecule has 1 aliphatic rings. The van der Waals surface area contributed by atoms with Crippen LogP contribution in [0.4, 0.5) is 5.69 Å². The summed E-state index contributed by atoms with van der Waals surface area (Å²) in [7, 11) is -4.41. The van der Waals surface area contributed by atoms with Gasteiger partial charge in [-0.15, -0.1) is 0 Å². The maximum atomic E-state index is 12.5. The molecule has 1 fully saturated rings. The highest BCUT2D eigenvalue weighted by molar-refractivity contribution is 7.91. The van der Waals surface area contributed by atoms with Gasteiger partial charge in [-0.25, -0.2) is 13.4 Å². The molecule has 19 heavy (non-hydrogen) atoms. The molecule has 2 rings (SSSR count). The number of hydrogen-bond donors (Lipinski definition) is 1. The molecule has 1 aromatic heterocycles. The zero-order valence-electron chi connectivity index (χ0n) is 10.8. The fraction of sp³-hybridized carbons (Fsp3) is 0.583. The summed E-state index contributed by atoms with van der Waals surface area (Å²) in [6.07, 6.45) is 5.43. The van der Waals surface area contributed by atoms with Crippen LogP contribution >= 0.6 is 0 Å². The summed E-state index contributed by atoms with van der Waals surface area (Å²) in [4.78, 5) is 4.07. The number of sulfone groups is 1. The lowest BCUT2D eigenvalue weighted by Gasteiger charge is -2.27. The van der Waals surface area contributed by atoms with Crippen LogP contribution in [0.1, 0.15) is 25.7 Å². The molecule has 0 aromatic carbocycles. The van der Waals surface area contributed by atoms with E-state index >= 15 is 0 Å². The predicted octanol–water partition coefficient (Wildman–Crippen LogP) is 1.13. The molecular formula is C12H18N2O3S2. The molecule has 106 valence electrons. The first kappa shape index (κ1) is 14.5. The average Bonchev–Trinajstić information content (AvgIpc) is 2.38. The second kappa shape index (κ2) is 5.58. The van der Waals surface area contributed by atoms with E-state index in [1.165, 1.54) is 6.26 Å². The van der Waals surface area contributed by atoms with E-state index in [1.807, 2.05) is 0 Å². The summed E-state index contributed by atoms with van der Waals surface area (Å²) in [6.45, 7) is 0. The van der Waals surface area contributed by atoms with Gasteiger partial charge in [-0.1, -0.05) is 6.42 Å². The van der Waals surface area contributed by atoms with Gasteiger partial charge in [0.2, 0.25) is 0 Å². The molecule has 3 atom stereocenters. The van der Waals surface area contributed by atoms with Crippen molar-refractivity contribution in [3.63, 3.8) is 0 Å². The summed E-state index contributed by atoms with van der Waals surface area (Å²) >= 11 is 0. The van der Waals surface area contributed by atoms with E-state index in [9.17, 15) is 12.6 Å². The van der Waals surface area contributed by atoms with Gasteiger partial charge in [0.15, 0.2) is 0 Å². The monoisotopic (exact) mass is 302 g/mol. The smallest absolute Gasteiger partial charge is 0.150 e. The largest absolute Gasteiger partial charge is 0.396 e. The van der Waals surface area contributed by atoms with Crippen LogP contribution in [0, 0.1) is 0 Å². The molecule has 0 spiro atoms. The maximum absolute atomic E-state index is 12.5. The normalized spacial score (nSPS) is 25.9. The van der Waals surface area contributed by atoms with E-state index in [4.69, 9.17) is 5.73 Å². The lowest BCUT2D eigenvalue weighted by Crippen LogP contribution is -2.32. The van der Waals surface area contributed by atoms with Gasteiger partial charge in [0.25, 0.3) is 0 Å². The number of nitrogen functional groups attached to an aromatic ring is 1. The van der Waals surface area contributed by atoms with Gasteiger partial charge < -0.3 is 5.73 Å². The van der Waals surface area contributed by atoms with Crippen LogP contribution in [0.25, 0.3) is 0 Å². The van der Waals surface area contributed by atoms with Crippen LogP contribution < -0.4 is 5.73 Å². The first-order chi connectivity index (χ1) is 8.89. The molecule has 0 saturated heterocycles. The second-order valence-corrected chi connectivity index (χ2v) is 8.91. The van der Waals surface area contributed by atoms with Crippen LogP contribution in [0.5, 0.6) is 0 Å². The third-order valence-electron chi connectivity index (χ3n) is 3.48. The van der Waals surface area contributed by atoms with Crippen molar-refractivity contribution in [1.82, 2.24) is 4.98 Å². The number of anilines is 1. The molecule has 7 heteroatoms. The minimum Gasteiger partial charge on any atom is -0.396 e. The number of nitrogens with two attached hydrogens (primary N) is 1. The first-order valence-electron chi connectivity index (χ1n) is 6.19. The van der Waals surface area contributed by atoms with Gasteiger partial charge in [-0.05, 0) is 31.4 Å². The Hall–Kier alpha value is -0.950. The standard InChI is InChI=1S/C12H18N2O3S2/c1-19(16,17)10-5-2-4-9(8-10)18(15)12-11(13)6-3-7-14-12/h3,6-7,9-10H,2,4-5,8,13H2,1H3. The summed E-state index contributed by atoms with van der Waals surface area (Å²) in [5.74, 6) is 0. The predicted molar refractivity (Wildman–Crippen MR) is 75.9 cm³/mol. The van der Waals surface area contributed by atoms with E-state index in [0.717, 1.165) is 12.8 Å². The third kappa shape index (κ3) is 3.33. The molecule has 1 aromatic rings. The van der Waals surface area contributed by atoms with Crippen LogP contribution in [0.15, 0.2) is 23.4 Å². The molecule has 0 aliphatic heterocycles. The van der Waals surface area contributed by atoms with E-state index in [1.54, 1.807) is 18.3 Å². The molecule has 1 heterocycles. The fourth-order valence-corrected chi connectivity index (χ4v) is 5.28. The minimum atomic E-state index is -3.07. The van der Waals surface area contributed by atoms with Crippen molar-refractivity contribution in [2.75, 3.05) is 12.0 Å². The van der Waals surface area contributed by atoms with E-state index in [-0.39, 0.29) is 10.5 Å². The number of hydrogen-bond acceptors (Lipinski definition) is 5. The molecule has 3 unspecified atom stereocenters. The summed E-state index contributed by atoms with van der Waals surface area (Å²) in [5, 5.41) is -0.188. The fourth-order valence-electron chi connectivity index (χ4n) is 2.41. The lowest BCUT2D eigenvalue weighted by molar-refractivity contribution is 0.487. The zero-order chi connectivity index (χ0) is 14.0. The Kier molecular flexibility index (Phi) is 4.25. The summed E-state index contributed by atoms with van der Waals surface area (Å²) in [6, 6.07) is 3.35. The second-order valence-electron chi connectivity index (χ2n) is 4.94. The molecule has 0 radical (unpaired) electrons. The van der Waals surface area contributed by atoms with Gasteiger partial charge in [-0.3, -0.25) is 4.21 Å². The molecular weight excluding hydrogens is 284 g/mol. The molecule has 1 saturated carbocycles. The van der Waals surface area contributed by atoms with Gasteiger partial charge in [0.1, 0.15) is 14.9 Å². The molecule has 0 amide bonds. The highest BCUT2D eigenvalue weighted by Gasteiger charge is 2.33. The highest BCUT2D eigenvalue weighted by Crippen LogP contribution is 2.30. The van der Waals surface area contributed by atoms with Crippen LogP contribution in [0.2, 0.25) is 0 Å². The number of aromatic nitrogens is 1. The van der Waals surface area contributed by atoms with Crippen LogP contribution in [-0.2, 0) is 20.6 Å². The number of nitrogens with zero attached hydrogens (tertiary/aromatic N) is 1. The van der Waals surface area contributed by atoms with Crippen molar-refractivity contribution in [1.29, 1.82) is 0 Å². The quantitative estimate of drug-likeness (QED) is 0.904. The van der Waals surface area contributed by atoms with Crippen molar-refractivity contribution in [3.8, 4) is 0 Å². The van der Waals surface area contributed by atoms with Gasteiger partial charge in [-0.2, -0.15) is 0 Å².